The molecule has 1 aromatic heterocycles. The molecule has 0 aliphatic carbocycles. The van der Waals surface area contributed by atoms with Crippen LogP contribution in [0, 0.1) is 0 Å². The molecule has 4 nitrogen and oxygen atoms in total. The Bertz CT molecular complexity index is 428. The lowest BCUT2D eigenvalue weighted by atomic mass is 10.3. The highest BCUT2D eigenvalue weighted by molar-refractivity contribution is 6.33. The highest BCUT2D eigenvalue weighted by Gasteiger charge is 2.07. The van der Waals surface area contributed by atoms with Gasteiger partial charge in [0.15, 0.2) is 5.58 Å². The summed E-state index contributed by atoms with van der Waals surface area (Å²) in [5, 5.41) is 0.481. The number of hydrogen-bond acceptors (Lipinski definition) is 4. The average Bonchev–Trinajstić information content (AvgIpc) is 2.48. The Morgan fingerprint density at radius 3 is 3.07 bits per heavy atom. The number of anilines is 1. The molecule has 0 saturated heterocycles. The second-order valence-electron chi connectivity index (χ2n) is 2.88. The lowest BCUT2D eigenvalue weighted by molar-refractivity contribution is 0.161. The highest BCUT2D eigenvalue weighted by Crippen LogP contribution is 2.26. The van der Waals surface area contributed by atoms with E-state index >= 15 is 0 Å². The van der Waals surface area contributed by atoms with E-state index in [1.165, 1.54) is 0 Å². The van der Waals surface area contributed by atoms with Crippen molar-refractivity contribution in [1.82, 2.24) is 4.98 Å². The zero-order chi connectivity index (χ0) is 10.1. The smallest absolute Gasteiger partial charge is 0.221 e. The molecule has 2 rings (SSSR count). The summed E-state index contributed by atoms with van der Waals surface area (Å²) in [5.74, 6) is 0.518. The standard InChI is InChI=1S/C9H9ClN2O2/c1-13-4-9-12-7-2-5(10)6(11)3-8(7)14-9/h2-3H,4,11H2,1H3. The average molecular weight is 213 g/mol. The van der Waals surface area contributed by atoms with Gasteiger partial charge in [0, 0.05) is 13.2 Å². The summed E-state index contributed by atoms with van der Waals surface area (Å²) in [4.78, 5) is 4.17. The van der Waals surface area contributed by atoms with Gasteiger partial charge in [0.2, 0.25) is 5.89 Å². The van der Waals surface area contributed by atoms with Gasteiger partial charge in [-0.3, -0.25) is 0 Å². The zero-order valence-electron chi connectivity index (χ0n) is 7.58. The number of ether oxygens (including phenoxy) is 1. The first-order valence-corrected chi connectivity index (χ1v) is 4.42. The maximum Gasteiger partial charge on any atom is 0.221 e. The van der Waals surface area contributed by atoms with Crippen molar-refractivity contribution < 1.29 is 9.15 Å². The SMILES string of the molecule is COCc1nc2cc(Cl)c(N)cc2o1. The molecule has 0 amide bonds. The Morgan fingerprint density at radius 2 is 2.36 bits per heavy atom. The van der Waals surface area contributed by atoms with Crippen LogP contribution in [0.4, 0.5) is 5.69 Å². The number of halogens is 1. The van der Waals surface area contributed by atoms with Crippen molar-refractivity contribution in [2.45, 2.75) is 6.61 Å². The molecule has 0 fully saturated rings. The van der Waals surface area contributed by atoms with Crippen LogP contribution in [0.5, 0.6) is 0 Å². The number of nitrogens with zero attached hydrogens (tertiary/aromatic N) is 1. The molecule has 2 aromatic rings. The van der Waals surface area contributed by atoms with E-state index in [0.29, 0.717) is 34.3 Å². The number of nitrogen functional groups attached to an aromatic ring is 1. The number of oxazole rings is 1. The molecule has 0 unspecified atom stereocenters. The number of nitrogens with two attached hydrogens (primary N) is 1. The van der Waals surface area contributed by atoms with Crippen molar-refractivity contribution in [2.75, 3.05) is 12.8 Å². The predicted octanol–water partition coefficient (Wildman–Crippen LogP) is 2.21. The Morgan fingerprint density at radius 1 is 1.57 bits per heavy atom. The van der Waals surface area contributed by atoms with E-state index in [2.05, 4.69) is 4.98 Å². The summed E-state index contributed by atoms with van der Waals surface area (Å²) in [6.45, 7) is 0.339. The summed E-state index contributed by atoms with van der Waals surface area (Å²) < 4.78 is 10.3. The van der Waals surface area contributed by atoms with E-state index in [-0.39, 0.29) is 0 Å². The second-order valence-corrected chi connectivity index (χ2v) is 3.29. The van der Waals surface area contributed by atoms with Gasteiger partial charge in [-0.05, 0) is 6.07 Å². The molecule has 2 N–H and O–H groups in total. The number of fused-ring (bicyclic) bond motifs is 1. The molecule has 0 aliphatic heterocycles. The normalized spacial score (nSPS) is 11.0. The fraction of sp³-hybridized carbons (Fsp3) is 0.222. The van der Waals surface area contributed by atoms with Gasteiger partial charge in [0.25, 0.3) is 0 Å². The van der Waals surface area contributed by atoms with Crippen LogP contribution in [0.15, 0.2) is 16.5 Å². The number of rotatable bonds is 2. The van der Waals surface area contributed by atoms with Crippen LogP contribution >= 0.6 is 11.6 Å². The zero-order valence-corrected chi connectivity index (χ0v) is 8.34. The Labute approximate surface area is 85.6 Å². The van der Waals surface area contributed by atoms with Crippen molar-refractivity contribution in [2.24, 2.45) is 0 Å². The van der Waals surface area contributed by atoms with E-state index in [1.54, 1.807) is 19.2 Å². The van der Waals surface area contributed by atoms with Crippen LogP contribution in [0.3, 0.4) is 0 Å². The summed E-state index contributed by atoms with van der Waals surface area (Å²) in [6, 6.07) is 3.33. The fourth-order valence-corrected chi connectivity index (χ4v) is 1.35. The number of aromatic nitrogens is 1. The third-order valence-electron chi connectivity index (χ3n) is 1.82. The topological polar surface area (TPSA) is 61.3 Å². The Kier molecular flexibility index (Phi) is 2.31. The molecule has 0 radical (unpaired) electrons. The minimum Gasteiger partial charge on any atom is -0.438 e. The number of benzene rings is 1. The first-order chi connectivity index (χ1) is 6.70. The van der Waals surface area contributed by atoms with Crippen LogP contribution < -0.4 is 5.73 Å². The van der Waals surface area contributed by atoms with Gasteiger partial charge >= 0.3 is 0 Å². The van der Waals surface area contributed by atoms with E-state index in [1.807, 2.05) is 0 Å². The van der Waals surface area contributed by atoms with Crippen molar-refractivity contribution in [3.05, 3.63) is 23.0 Å². The Balaban J connectivity index is 2.54. The largest absolute Gasteiger partial charge is 0.438 e. The molecule has 0 spiro atoms. The highest BCUT2D eigenvalue weighted by atomic mass is 35.5. The lowest BCUT2D eigenvalue weighted by Crippen LogP contribution is -1.85. The second kappa shape index (κ2) is 3.48. The van der Waals surface area contributed by atoms with Gasteiger partial charge in [-0.2, -0.15) is 0 Å². The Hall–Kier alpha value is -1.26. The van der Waals surface area contributed by atoms with Gasteiger partial charge in [0.05, 0.1) is 10.7 Å². The van der Waals surface area contributed by atoms with Crippen molar-refractivity contribution in [1.29, 1.82) is 0 Å². The molecule has 0 bridgehead atoms. The van der Waals surface area contributed by atoms with Gasteiger partial charge in [-0.1, -0.05) is 11.6 Å². The summed E-state index contributed by atoms with van der Waals surface area (Å²) in [5.41, 5.74) is 7.42. The molecule has 0 aliphatic rings. The first-order valence-electron chi connectivity index (χ1n) is 4.04. The minimum atomic E-state index is 0.339. The van der Waals surface area contributed by atoms with Crippen LogP contribution in [0.2, 0.25) is 5.02 Å². The van der Waals surface area contributed by atoms with E-state index in [4.69, 9.17) is 26.5 Å². The molecular weight excluding hydrogens is 204 g/mol. The van der Waals surface area contributed by atoms with Crippen LogP contribution in [0.25, 0.3) is 11.1 Å². The van der Waals surface area contributed by atoms with Crippen LogP contribution in [0.1, 0.15) is 5.89 Å². The molecule has 74 valence electrons. The van der Waals surface area contributed by atoms with Gasteiger partial charge in [-0.15, -0.1) is 0 Å². The fourth-order valence-electron chi connectivity index (χ4n) is 1.20. The first kappa shape index (κ1) is 9.30. The van der Waals surface area contributed by atoms with E-state index < -0.39 is 0 Å². The van der Waals surface area contributed by atoms with Gasteiger partial charge in [-0.25, -0.2) is 4.98 Å². The summed E-state index contributed by atoms with van der Waals surface area (Å²) >= 11 is 5.84. The molecule has 1 aromatic carbocycles. The van der Waals surface area contributed by atoms with Crippen molar-refractivity contribution in [3.63, 3.8) is 0 Å². The monoisotopic (exact) mass is 212 g/mol. The van der Waals surface area contributed by atoms with E-state index in [9.17, 15) is 0 Å². The predicted molar refractivity (Wildman–Crippen MR) is 54.1 cm³/mol. The van der Waals surface area contributed by atoms with E-state index in [0.717, 1.165) is 0 Å². The number of hydrogen-bond donors (Lipinski definition) is 1. The maximum absolute atomic E-state index is 5.84. The maximum atomic E-state index is 5.84. The molecule has 1 heterocycles. The number of methoxy groups -OCH3 is 1. The molecule has 14 heavy (non-hydrogen) atoms. The summed E-state index contributed by atoms with van der Waals surface area (Å²) in [6.07, 6.45) is 0. The van der Waals surface area contributed by atoms with Crippen molar-refractivity contribution >= 4 is 28.4 Å². The molecule has 0 atom stereocenters. The van der Waals surface area contributed by atoms with Crippen molar-refractivity contribution in [3.8, 4) is 0 Å². The molecule has 5 heteroatoms. The molecule has 0 saturated carbocycles. The summed E-state index contributed by atoms with van der Waals surface area (Å²) in [7, 11) is 1.58. The molecular formula is C9H9ClN2O2. The third-order valence-corrected chi connectivity index (χ3v) is 2.15. The van der Waals surface area contributed by atoms with Gasteiger partial charge < -0.3 is 14.9 Å². The van der Waals surface area contributed by atoms with Crippen LogP contribution in [-0.4, -0.2) is 12.1 Å². The quantitative estimate of drug-likeness (QED) is 0.776. The lowest BCUT2D eigenvalue weighted by Gasteiger charge is -1.94. The van der Waals surface area contributed by atoms with Gasteiger partial charge in [0.1, 0.15) is 12.1 Å². The third kappa shape index (κ3) is 1.54. The van der Waals surface area contributed by atoms with Crippen LogP contribution in [-0.2, 0) is 11.3 Å². The minimum absolute atomic E-state index is 0.339.